The summed E-state index contributed by atoms with van der Waals surface area (Å²) in [5.74, 6) is -1.47. The highest BCUT2D eigenvalue weighted by Crippen LogP contribution is 2.20. The van der Waals surface area contributed by atoms with Crippen LogP contribution in [-0.2, 0) is 19.1 Å². The zero-order chi connectivity index (χ0) is 19.8. The molecule has 0 saturated carbocycles. The van der Waals surface area contributed by atoms with Gasteiger partial charge in [0.25, 0.3) is 5.91 Å². The van der Waals surface area contributed by atoms with Crippen LogP contribution in [0.2, 0.25) is 10.0 Å². The van der Waals surface area contributed by atoms with Crippen molar-refractivity contribution in [2.24, 2.45) is 0 Å². The number of hydrogen-bond acceptors (Lipinski definition) is 4. The minimum atomic E-state index is -0.640. The molecule has 0 atom stereocenters. The average molecular weight is 409 g/mol. The summed E-state index contributed by atoms with van der Waals surface area (Å²) in [6.45, 7) is 1.38. The molecule has 2 aromatic carbocycles. The predicted molar refractivity (Wildman–Crippen MR) is 105 cm³/mol. The summed E-state index contributed by atoms with van der Waals surface area (Å²) in [6, 6.07) is 11.7. The fourth-order valence-electron chi connectivity index (χ4n) is 2.11. The molecule has 0 aliphatic carbocycles. The van der Waals surface area contributed by atoms with Gasteiger partial charge >= 0.3 is 5.97 Å². The maximum atomic E-state index is 11.9. The molecule has 6 nitrogen and oxygen atoms in total. The van der Waals surface area contributed by atoms with E-state index in [-0.39, 0.29) is 18.7 Å². The van der Waals surface area contributed by atoms with E-state index in [1.54, 1.807) is 42.5 Å². The van der Waals surface area contributed by atoms with Crippen molar-refractivity contribution in [2.45, 2.75) is 19.8 Å². The van der Waals surface area contributed by atoms with E-state index in [1.165, 1.54) is 0 Å². The molecule has 0 bridgehead atoms. The second-order valence-electron chi connectivity index (χ2n) is 5.72. The zero-order valence-electron chi connectivity index (χ0n) is 14.6. The van der Waals surface area contributed by atoms with Crippen LogP contribution in [0.4, 0.5) is 11.4 Å². The van der Waals surface area contributed by atoms with Gasteiger partial charge in [0.2, 0.25) is 5.91 Å². The highest BCUT2D eigenvalue weighted by Gasteiger charge is 2.12. The highest BCUT2D eigenvalue weighted by molar-refractivity contribution is 6.31. The average Bonchev–Trinajstić information content (AvgIpc) is 2.63. The Morgan fingerprint density at radius 1 is 0.889 bits per heavy atom. The lowest BCUT2D eigenvalue weighted by Gasteiger charge is -2.09. The van der Waals surface area contributed by atoms with E-state index in [0.717, 1.165) is 5.56 Å². The summed E-state index contributed by atoms with van der Waals surface area (Å²) in [6.07, 6.45) is -0.195. The Morgan fingerprint density at radius 3 is 2.26 bits per heavy atom. The quantitative estimate of drug-likeness (QED) is 0.672. The molecule has 0 aromatic heterocycles. The number of halogens is 2. The van der Waals surface area contributed by atoms with Crippen LogP contribution >= 0.6 is 23.2 Å². The summed E-state index contributed by atoms with van der Waals surface area (Å²) >= 11 is 11.6. The second kappa shape index (κ2) is 9.94. The third-order valence-electron chi connectivity index (χ3n) is 3.52. The minimum absolute atomic E-state index is 0.0590. The van der Waals surface area contributed by atoms with E-state index in [0.29, 0.717) is 21.4 Å². The van der Waals surface area contributed by atoms with E-state index in [9.17, 15) is 14.4 Å². The molecule has 0 fully saturated rings. The van der Waals surface area contributed by atoms with Crippen LogP contribution in [0.1, 0.15) is 18.4 Å². The van der Waals surface area contributed by atoms with Crippen LogP contribution in [0.5, 0.6) is 0 Å². The van der Waals surface area contributed by atoms with Crippen molar-refractivity contribution in [3.05, 3.63) is 58.1 Å². The molecule has 0 unspecified atom stereocenters. The zero-order valence-corrected chi connectivity index (χ0v) is 16.1. The van der Waals surface area contributed by atoms with Gasteiger partial charge in [0.1, 0.15) is 0 Å². The maximum Gasteiger partial charge on any atom is 0.306 e. The number of aryl methyl sites for hydroxylation is 1. The molecule has 2 amide bonds. The van der Waals surface area contributed by atoms with Crippen LogP contribution in [0, 0.1) is 6.92 Å². The fraction of sp³-hybridized carbons (Fsp3) is 0.211. The Balaban J connectivity index is 1.70. The molecule has 27 heavy (non-hydrogen) atoms. The molecule has 2 aromatic rings. The first-order valence-electron chi connectivity index (χ1n) is 8.10. The van der Waals surface area contributed by atoms with Gasteiger partial charge in [0.15, 0.2) is 6.61 Å². The topological polar surface area (TPSA) is 84.5 Å². The van der Waals surface area contributed by atoms with Gasteiger partial charge in [0.05, 0.1) is 6.42 Å². The van der Waals surface area contributed by atoms with Crippen LogP contribution in [0.15, 0.2) is 42.5 Å². The van der Waals surface area contributed by atoms with Crippen molar-refractivity contribution >= 4 is 52.4 Å². The van der Waals surface area contributed by atoms with Crippen molar-refractivity contribution < 1.29 is 19.1 Å². The maximum absolute atomic E-state index is 11.9. The van der Waals surface area contributed by atoms with E-state index in [4.69, 9.17) is 27.9 Å². The number of hydrogen-bond donors (Lipinski definition) is 2. The largest absolute Gasteiger partial charge is 0.456 e. The van der Waals surface area contributed by atoms with Gasteiger partial charge in [-0.25, -0.2) is 0 Å². The van der Waals surface area contributed by atoms with Crippen LogP contribution in [-0.4, -0.2) is 24.4 Å². The lowest BCUT2D eigenvalue weighted by atomic mass is 10.2. The van der Waals surface area contributed by atoms with Gasteiger partial charge in [-0.15, -0.1) is 0 Å². The van der Waals surface area contributed by atoms with Crippen LogP contribution < -0.4 is 10.6 Å². The summed E-state index contributed by atoms with van der Waals surface area (Å²) in [4.78, 5) is 35.4. The highest BCUT2D eigenvalue weighted by atomic mass is 35.5. The molecule has 0 heterocycles. The summed E-state index contributed by atoms with van der Waals surface area (Å²) in [5.41, 5.74) is 1.96. The minimum Gasteiger partial charge on any atom is -0.456 e. The summed E-state index contributed by atoms with van der Waals surface area (Å²) < 4.78 is 4.88. The molecule has 0 spiro atoms. The Bertz CT molecular complexity index is 838. The monoisotopic (exact) mass is 408 g/mol. The number of benzene rings is 2. The van der Waals surface area contributed by atoms with Gasteiger partial charge in [-0.3, -0.25) is 14.4 Å². The molecule has 0 aliphatic rings. The molecule has 2 rings (SSSR count). The molecule has 0 radical (unpaired) electrons. The number of carbonyl (C=O) groups is 3. The first-order valence-corrected chi connectivity index (χ1v) is 8.86. The third kappa shape index (κ3) is 7.29. The molecule has 0 saturated heterocycles. The first-order chi connectivity index (χ1) is 12.8. The number of anilines is 2. The molecular formula is C19H18Cl2N2O4. The van der Waals surface area contributed by atoms with Gasteiger partial charge in [-0.1, -0.05) is 29.3 Å². The van der Waals surface area contributed by atoms with Crippen molar-refractivity contribution in [2.75, 3.05) is 17.2 Å². The van der Waals surface area contributed by atoms with Crippen LogP contribution in [0.25, 0.3) is 0 Å². The van der Waals surface area contributed by atoms with Gasteiger partial charge in [0, 0.05) is 27.8 Å². The predicted octanol–water partition coefficient (Wildman–Crippen LogP) is 4.20. The summed E-state index contributed by atoms with van der Waals surface area (Å²) in [7, 11) is 0. The Hall–Kier alpha value is -2.57. The SMILES string of the molecule is Cc1ccc(Cl)cc1NC(=O)COC(=O)CCC(=O)Nc1ccc(Cl)cc1. The van der Waals surface area contributed by atoms with Gasteiger partial charge < -0.3 is 15.4 Å². The summed E-state index contributed by atoms with van der Waals surface area (Å²) in [5, 5.41) is 6.30. The smallest absolute Gasteiger partial charge is 0.306 e. The van der Waals surface area contributed by atoms with Crippen LogP contribution in [0.3, 0.4) is 0 Å². The molecule has 8 heteroatoms. The van der Waals surface area contributed by atoms with E-state index < -0.39 is 18.5 Å². The Labute approximate surface area is 166 Å². The number of nitrogens with one attached hydrogen (secondary N) is 2. The number of ether oxygens (including phenoxy) is 1. The van der Waals surface area contributed by atoms with Crippen molar-refractivity contribution in [1.82, 2.24) is 0 Å². The van der Waals surface area contributed by atoms with E-state index in [1.807, 2.05) is 6.92 Å². The molecule has 2 N–H and O–H groups in total. The van der Waals surface area contributed by atoms with E-state index in [2.05, 4.69) is 10.6 Å². The first kappa shape index (κ1) is 20.7. The van der Waals surface area contributed by atoms with E-state index >= 15 is 0 Å². The fourth-order valence-corrected chi connectivity index (χ4v) is 2.40. The lowest BCUT2D eigenvalue weighted by molar-refractivity contribution is -0.147. The van der Waals surface area contributed by atoms with Crippen molar-refractivity contribution in [3.8, 4) is 0 Å². The van der Waals surface area contributed by atoms with Gasteiger partial charge in [-0.2, -0.15) is 0 Å². The third-order valence-corrected chi connectivity index (χ3v) is 4.01. The number of esters is 1. The normalized spacial score (nSPS) is 10.2. The standard InChI is InChI=1S/C19H18Cl2N2O4/c1-12-2-3-14(21)10-16(12)23-18(25)11-27-19(26)9-8-17(24)22-15-6-4-13(20)5-7-15/h2-7,10H,8-9,11H2,1H3,(H,22,24)(H,23,25). The number of carbonyl (C=O) groups excluding carboxylic acids is 3. The molecule has 0 aliphatic heterocycles. The van der Waals surface area contributed by atoms with Crippen molar-refractivity contribution in [3.63, 3.8) is 0 Å². The number of rotatable bonds is 7. The van der Waals surface area contributed by atoms with Gasteiger partial charge in [-0.05, 0) is 48.9 Å². The lowest BCUT2D eigenvalue weighted by Crippen LogP contribution is -2.22. The Morgan fingerprint density at radius 2 is 1.56 bits per heavy atom. The Kier molecular flexibility index (Phi) is 7.64. The number of amides is 2. The second-order valence-corrected chi connectivity index (χ2v) is 6.60. The molecule has 142 valence electrons. The van der Waals surface area contributed by atoms with Crippen molar-refractivity contribution in [1.29, 1.82) is 0 Å². The molecular weight excluding hydrogens is 391 g/mol.